The van der Waals surface area contributed by atoms with Crippen LogP contribution in [0.15, 0.2) is 24.4 Å². The average molecular weight is 232 g/mol. The highest BCUT2D eigenvalue weighted by atomic mass is 16.4. The van der Waals surface area contributed by atoms with Crippen molar-refractivity contribution in [3.05, 3.63) is 35.5 Å². The molecular weight excluding hydrogens is 216 g/mol. The van der Waals surface area contributed by atoms with E-state index in [-0.39, 0.29) is 0 Å². The molecule has 0 amide bonds. The summed E-state index contributed by atoms with van der Waals surface area (Å²) in [5.41, 5.74) is 8.56. The molecule has 0 spiro atoms. The first-order valence-corrected chi connectivity index (χ1v) is 5.60. The minimum Gasteiger partial charge on any atom is -0.480 e. The van der Waals surface area contributed by atoms with Crippen molar-refractivity contribution in [1.29, 1.82) is 0 Å². The summed E-state index contributed by atoms with van der Waals surface area (Å²) in [5.74, 6) is -1.00. The van der Waals surface area contributed by atoms with Crippen molar-refractivity contribution in [2.45, 2.75) is 19.4 Å². The molecule has 1 heterocycles. The number of benzene rings is 1. The number of nitrogens with two attached hydrogens (primary N) is 1. The van der Waals surface area contributed by atoms with Gasteiger partial charge in [0.2, 0.25) is 0 Å². The van der Waals surface area contributed by atoms with Crippen LogP contribution in [0.25, 0.3) is 10.9 Å². The molecule has 4 nitrogen and oxygen atoms in total. The number of nitrogens with zero attached hydrogens (tertiary/aromatic N) is 1. The standard InChI is InChI=1S/C13H16N2O2/c1-3-8-4-5-11-9(6-8)10(7-15(11)2)12(14)13(16)17/h4-7,12H,3,14H2,1-2H3,(H,16,17). The maximum absolute atomic E-state index is 11.0. The van der Waals surface area contributed by atoms with Crippen LogP contribution < -0.4 is 5.73 Å². The van der Waals surface area contributed by atoms with E-state index in [0.717, 1.165) is 17.3 Å². The zero-order chi connectivity index (χ0) is 12.6. The van der Waals surface area contributed by atoms with Gasteiger partial charge >= 0.3 is 5.97 Å². The van der Waals surface area contributed by atoms with E-state index in [1.807, 2.05) is 23.7 Å². The van der Waals surface area contributed by atoms with Gasteiger partial charge in [-0.25, -0.2) is 0 Å². The lowest BCUT2D eigenvalue weighted by Gasteiger charge is -2.05. The quantitative estimate of drug-likeness (QED) is 0.848. The lowest BCUT2D eigenvalue weighted by atomic mass is 10.0. The van der Waals surface area contributed by atoms with Crippen LogP contribution in [0.3, 0.4) is 0 Å². The summed E-state index contributed by atoms with van der Waals surface area (Å²) in [6, 6.07) is 5.11. The molecule has 4 heteroatoms. The van der Waals surface area contributed by atoms with Gasteiger partial charge in [0.05, 0.1) is 0 Å². The average Bonchev–Trinajstić information content (AvgIpc) is 2.65. The monoisotopic (exact) mass is 232 g/mol. The van der Waals surface area contributed by atoms with Crippen molar-refractivity contribution in [3.63, 3.8) is 0 Å². The Bertz CT molecular complexity index is 572. The number of aryl methyl sites for hydroxylation is 2. The molecule has 0 aliphatic heterocycles. The van der Waals surface area contributed by atoms with Gasteiger partial charge in [0.1, 0.15) is 6.04 Å². The van der Waals surface area contributed by atoms with E-state index in [9.17, 15) is 4.79 Å². The third-order valence-corrected chi connectivity index (χ3v) is 3.09. The van der Waals surface area contributed by atoms with Gasteiger partial charge in [-0.15, -0.1) is 0 Å². The maximum atomic E-state index is 11.0. The third-order valence-electron chi connectivity index (χ3n) is 3.09. The summed E-state index contributed by atoms with van der Waals surface area (Å²) in [7, 11) is 1.89. The first-order valence-electron chi connectivity index (χ1n) is 5.60. The fourth-order valence-corrected chi connectivity index (χ4v) is 2.07. The van der Waals surface area contributed by atoms with Crippen LogP contribution in [-0.2, 0) is 18.3 Å². The fraction of sp³-hybridized carbons (Fsp3) is 0.308. The molecule has 17 heavy (non-hydrogen) atoms. The molecule has 1 aromatic heterocycles. The first-order chi connectivity index (χ1) is 8.04. The molecule has 0 saturated carbocycles. The van der Waals surface area contributed by atoms with Gasteiger partial charge in [-0.1, -0.05) is 13.0 Å². The zero-order valence-corrected chi connectivity index (χ0v) is 9.97. The van der Waals surface area contributed by atoms with Crippen molar-refractivity contribution in [2.75, 3.05) is 0 Å². The highest BCUT2D eigenvalue weighted by Gasteiger charge is 2.19. The lowest BCUT2D eigenvalue weighted by molar-refractivity contribution is -0.138. The van der Waals surface area contributed by atoms with Crippen LogP contribution in [0.2, 0.25) is 0 Å². The maximum Gasteiger partial charge on any atom is 0.325 e. The molecule has 0 aliphatic rings. The first kappa shape index (κ1) is 11.7. The van der Waals surface area contributed by atoms with Gasteiger partial charge in [-0.2, -0.15) is 0 Å². The molecule has 0 radical (unpaired) electrons. The smallest absolute Gasteiger partial charge is 0.325 e. The number of aliphatic carboxylic acids is 1. The van der Waals surface area contributed by atoms with Gasteiger partial charge in [-0.05, 0) is 24.1 Å². The van der Waals surface area contributed by atoms with Crippen molar-refractivity contribution in [3.8, 4) is 0 Å². The molecule has 1 aromatic carbocycles. The van der Waals surface area contributed by atoms with Crippen LogP contribution in [0, 0.1) is 0 Å². The molecule has 0 fully saturated rings. The molecule has 0 bridgehead atoms. The van der Waals surface area contributed by atoms with Gasteiger partial charge in [0, 0.05) is 29.7 Å². The van der Waals surface area contributed by atoms with E-state index < -0.39 is 12.0 Å². The van der Waals surface area contributed by atoms with E-state index in [1.165, 1.54) is 5.56 Å². The molecule has 1 atom stereocenters. The van der Waals surface area contributed by atoms with E-state index in [2.05, 4.69) is 13.0 Å². The van der Waals surface area contributed by atoms with Gasteiger partial charge in [0.25, 0.3) is 0 Å². The van der Waals surface area contributed by atoms with Crippen molar-refractivity contribution in [2.24, 2.45) is 12.8 Å². The molecule has 90 valence electrons. The predicted octanol–water partition coefficient (Wildman–Crippen LogP) is 1.83. The minimum atomic E-state index is -1.00. The second-order valence-corrected chi connectivity index (χ2v) is 4.22. The summed E-state index contributed by atoms with van der Waals surface area (Å²) in [6.45, 7) is 2.07. The highest BCUT2D eigenvalue weighted by Crippen LogP contribution is 2.26. The summed E-state index contributed by atoms with van der Waals surface area (Å²) >= 11 is 0. The molecular formula is C13H16N2O2. The number of hydrogen-bond acceptors (Lipinski definition) is 2. The Morgan fingerprint density at radius 2 is 2.24 bits per heavy atom. The second-order valence-electron chi connectivity index (χ2n) is 4.22. The van der Waals surface area contributed by atoms with E-state index >= 15 is 0 Å². The fourth-order valence-electron chi connectivity index (χ4n) is 2.07. The van der Waals surface area contributed by atoms with Crippen LogP contribution >= 0.6 is 0 Å². The van der Waals surface area contributed by atoms with E-state index in [0.29, 0.717) is 5.56 Å². The van der Waals surface area contributed by atoms with Crippen LogP contribution in [0.4, 0.5) is 0 Å². The Morgan fingerprint density at radius 1 is 1.53 bits per heavy atom. The Morgan fingerprint density at radius 3 is 2.82 bits per heavy atom. The predicted molar refractivity (Wildman–Crippen MR) is 66.9 cm³/mol. The molecule has 2 rings (SSSR count). The summed E-state index contributed by atoms with van der Waals surface area (Å²) in [6.07, 6.45) is 2.72. The topological polar surface area (TPSA) is 68.2 Å². The van der Waals surface area contributed by atoms with Crippen molar-refractivity contribution >= 4 is 16.9 Å². The highest BCUT2D eigenvalue weighted by molar-refractivity contribution is 5.90. The van der Waals surface area contributed by atoms with Crippen LogP contribution in [-0.4, -0.2) is 15.6 Å². The van der Waals surface area contributed by atoms with Crippen LogP contribution in [0.1, 0.15) is 24.1 Å². The summed E-state index contributed by atoms with van der Waals surface area (Å²) in [4.78, 5) is 11.0. The van der Waals surface area contributed by atoms with Gasteiger partial charge in [0.15, 0.2) is 0 Å². The Labute approximate surface area is 99.7 Å². The molecule has 2 aromatic rings. The van der Waals surface area contributed by atoms with Crippen LogP contribution in [0.5, 0.6) is 0 Å². The van der Waals surface area contributed by atoms with Crippen molar-refractivity contribution in [1.82, 2.24) is 4.57 Å². The summed E-state index contributed by atoms with van der Waals surface area (Å²) < 4.78 is 1.91. The lowest BCUT2D eigenvalue weighted by Crippen LogP contribution is -2.20. The summed E-state index contributed by atoms with van der Waals surface area (Å²) in [5, 5.41) is 9.93. The molecule has 0 saturated heterocycles. The number of rotatable bonds is 3. The minimum absolute atomic E-state index is 0.672. The number of fused-ring (bicyclic) bond motifs is 1. The number of carboxylic acids is 1. The largest absolute Gasteiger partial charge is 0.480 e. The Kier molecular flexibility index (Phi) is 2.90. The van der Waals surface area contributed by atoms with E-state index in [1.54, 1.807) is 6.20 Å². The number of carboxylic acid groups (broad SMARTS) is 1. The van der Waals surface area contributed by atoms with Gasteiger partial charge in [-0.3, -0.25) is 4.79 Å². The SMILES string of the molecule is CCc1ccc2c(c1)c(C(N)C(=O)O)cn2C. The number of carbonyl (C=O) groups is 1. The zero-order valence-electron chi connectivity index (χ0n) is 9.97. The van der Waals surface area contributed by atoms with E-state index in [4.69, 9.17) is 10.8 Å². The van der Waals surface area contributed by atoms with Crippen molar-refractivity contribution < 1.29 is 9.90 Å². The normalized spacial score (nSPS) is 12.9. The molecule has 0 aliphatic carbocycles. The number of hydrogen-bond donors (Lipinski definition) is 2. The Balaban J connectivity index is 2.67. The molecule has 3 N–H and O–H groups in total. The van der Waals surface area contributed by atoms with Gasteiger partial charge < -0.3 is 15.4 Å². The third kappa shape index (κ3) is 1.91. The second kappa shape index (κ2) is 4.22. The molecule has 1 unspecified atom stereocenters. The number of aromatic nitrogens is 1. The Hall–Kier alpha value is -1.81.